The molecule has 34 heavy (non-hydrogen) atoms. The number of aromatic nitrogens is 3. The highest BCUT2D eigenvalue weighted by molar-refractivity contribution is 7.13. The van der Waals surface area contributed by atoms with E-state index >= 15 is 0 Å². The predicted octanol–water partition coefficient (Wildman–Crippen LogP) is 3.92. The number of nitrogens with zero attached hydrogens (tertiary/aromatic N) is 5. The third-order valence-corrected chi connectivity index (χ3v) is 6.48. The molecule has 3 aromatic heterocycles. The topological polar surface area (TPSA) is 87.4 Å². The van der Waals surface area contributed by atoms with Crippen LogP contribution in [-0.4, -0.2) is 63.4 Å². The van der Waals surface area contributed by atoms with Crippen LogP contribution < -0.4 is 5.32 Å². The number of piperazine rings is 1. The molecule has 4 heterocycles. The first kappa shape index (κ1) is 22.4. The van der Waals surface area contributed by atoms with Gasteiger partial charge in [-0.05, 0) is 24.6 Å². The summed E-state index contributed by atoms with van der Waals surface area (Å²) in [7, 11) is 0. The van der Waals surface area contributed by atoms with Crippen molar-refractivity contribution in [3.8, 4) is 22.3 Å². The summed E-state index contributed by atoms with van der Waals surface area (Å²) in [6.07, 6.45) is 1.73. The molecule has 1 saturated heterocycles. The number of carbonyl (C=O) groups excluding carboxylic acids is 1. The monoisotopic (exact) mass is 474 g/mol. The van der Waals surface area contributed by atoms with Crippen molar-refractivity contribution in [1.82, 2.24) is 24.8 Å². The van der Waals surface area contributed by atoms with Crippen molar-refractivity contribution >= 4 is 23.1 Å². The molecule has 0 radical (unpaired) electrons. The van der Waals surface area contributed by atoms with Crippen LogP contribution in [0.25, 0.3) is 22.3 Å². The van der Waals surface area contributed by atoms with Gasteiger partial charge in [0, 0.05) is 50.4 Å². The number of benzene rings is 1. The maximum Gasteiger partial charge on any atom is 0.239 e. The Labute approximate surface area is 202 Å². The van der Waals surface area contributed by atoms with Gasteiger partial charge >= 0.3 is 0 Å². The molecule has 0 bridgehead atoms. The summed E-state index contributed by atoms with van der Waals surface area (Å²) < 4.78 is 5.71. The molecule has 1 amide bonds. The minimum atomic E-state index is -0.0955. The van der Waals surface area contributed by atoms with Crippen LogP contribution in [0.4, 0.5) is 5.82 Å². The van der Waals surface area contributed by atoms with Gasteiger partial charge in [0.15, 0.2) is 11.6 Å². The van der Waals surface area contributed by atoms with Gasteiger partial charge < -0.3 is 9.73 Å². The van der Waals surface area contributed by atoms with Crippen molar-refractivity contribution in [3.63, 3.8) is 0 Å². The van der Waals surface area contributed by atoms with Gasteiger partial charge in [0.05, 0.1) is 6.54 Å². The van der Waals surface area contributed by atoms with Gasteiger partial charge in [-0.2, -0.15) is 0 Å². The Kier molecular flexibility index (Phi) is 6.75. The van der Waals surface area contributed by atoms with Gasteiger partial charge in [0.1, 0.15) is 22.3 Å². The number of nitrogens with one attached hydrogen (secondary N) is 1. The second-order valence-electron chi connectivity index (χ2n) is 8.30. The molecule has 4 aromatic rings. The summed E-state index contributed by atoms with van der Waals surface area (Å²) in [6.45, 7) is 6.71. The fourth-order valence-electron chi connectivity index (χ4n) is 3.97. The highest BCUT2D eigenvalue weighted by Gasteiger charge is 2.20. The van der Waals surface area contributed by atoms with E-state index in [9.17, 15) is 4.79 Å². The van der Waals surface area contributed by atoms with Crippen molar-refractivity contribution in [2.75, 3.05) is 38.0 Å². The number of anilines is 1. The van der Waals surface area contributed by atoms with Crippen LogP contribution >= 0.6 is 11.3 Å². The lowest BCUT2D eigenvalue weighted by Gasteiger charge is -2.34. The summed E-state index contributed by atoms with van der Waals surface area (Å²) in [5.41, 5.74) is 1.97. The molecule has 0 unspecified atom stereocenters. The molecule has 0 aliphatic carbocycles. The van der Waals surface area contributed by atoms with Crippen molar-refractivity contribution in [1.29, 1.82) is 0 Å². The molecule has 5 rings (SSSR count). The first-order valence-corrected chi connectivity index (χ1v) is 12.1. The van der Waals surface area contributed by atoms with E-state index in [1.165, 1.54) is 16.9 Å². The summed E-state index contributed by atoms with van der Waals surface area (Å²) in [4.78, 5) is 30.9. The van der Waals surface area contributed by atoms with Crippen molar-refractivity contribution < 1.29 is 9.21 Å². The maximum atomic E-state index is 12.8. The normalized spacial score (nSPS) is 14.9. The van der Waals surface area contributed by atoms with Crippen LogP contribution in [0.15, 0.2) is 64.5 Å². The average molecular weight is 475 g/mol. The summed E-state index contributed by atoms with van der Waals surface area (Å²) in [5.74, 6) is 2.10. The van der Waals surface area contributed by atoms with Gasteiger partial charge in [-0.15, -0.1) is 11.3 Å². The number of amides is 1. The smallest absolute Gasteiger partial charge is 0.239 e. The Hall–Kier alpha value is -3.40. The van der Waals surface area contributed by atoms with Crippen LogP contribution in [0.1, 0.15) is 11.3 Å². The van der Waals surface area contributed by atoms with Crippen LogP contribution in [0.3, 0.4) is 0 Å². The van der Waals surface area contributed by atoms with Crippen molar-refractivity contribution in [3.05, 3.63) is 71.4 Å². The highest BCUT2D eigenvalue weighted by atomic mass is 32.1. The molecular weight excluding hydrogens is 448 g/mol. The lowest BCUT2D eigenvalue weighted by molar-refractivity contribution is -0.117. The fraction of sp³-hybridized carbons (Fsp3) is 0.280. The molecule has 1 aliphatic heterocycles. The molecule has 1 N–H and O–H groups in total. The molecule has 9 heteroatoms. The van der Waals surface area contributed by atoms with Gasteiger partial charge in [0.25, 0.3) is 0 Å². The minimum Gasteiger partial charge on any atom is -0.458 e. The molecule has 1 aliphatic rings. The second kappa shape index (κ2) is 10.3. The fourth-order valence-corrected chi connectivity index (χ4v) is 4.57. The molecule has 0 spiro atoms. The number of hydrogen-bond acceptors (Lipinski definition) is 8. The molecule has 1 fully saturated rings. The van der Waals surface area contributed by atoms with E-state index in [1.54, 1.807) is 12.3 Å². The standard InChI is InChI=1S/C25H26N6O2S/c1-18-7-8-21(33-18)24-27-20(25-26-9-14-34-25)15-22(29-24)28-23(32)17-31-12-10-30(11-13-31)16-19-5-3-2-4-6-19/h2-9,14-15H,10-13,16-17H2,1H3,(H,27,28,29,32). The lowest BCUT2D eigenvalue weighted by atomic mass is 10.2. The molecule has 0 saturated carbocycles. The average Bonchev–Trinajstić information content (AvgIpc) is 3.53. The number of rotatable bonds is 7. The summed E-state index contributed by atoms with van der Waals surface area (Å²) in [6, 6.07) is 15.9. The summed E-state index contributed by atoms with van der Waals surface area (Å²) in [5, 5.41) is 5.60. The Bertz CT molecular complexity index is 1230. The van der Waals surface area contributed by atoms with E-state index in [0.717, 1.165) is 43.5 Å². The summed E-state index contributed by atoms with van der Waals surface area (Å²) >= 11 is 1.48. The van der Waals surface area contributed by atoms with E-state index < -0.39 is 0 Å². The molecule has 8 nitrogen and oxygen atoms in total. The number of carbonyl (C=O) groups is 1. The van der Waals surface area contributed by atoms with Crippen LogP contribution in [0.5, 0.6) is 0 Å². The van der Waals surface area contributed by atoms with Crippen molar-refractivity contribution in [2.45, 2.75) is 13.5 Å². The Morgan fingerprint density at radius 2 is 1.85 bits per heavy atom. The zero-order chi connectivity index (χ0) is 23.3. The second-order valence-corrected chi connectivity index (χ2v) is 9.19. The highest BCUT2D eigenvalue weighted by Crippen LogP contribution is 2.26. The molecule has 1 aromatic carbocycles. The maximum absolute atomic E-state index is 12.8. The van der Waals surface area contributed by atoms with E-state index in [1.807, 2.05) is 30.5 Å². The van der Waals surface area contributed by atoms with E-state index in [-0.39, 0.29) is 5.91 Å². The van der Waals surface area contributed by atoms with Crippen LogP contribution in [0, 0.1) is 6.92 Å². The third kappa shape index (κ3) is 5.56. The van der Waals surface area contributed by atoms with Gasteiger partial charge in [0.2, 0.25) is 5.91 Å². The van der Waals surface area contributed by atoms with E-state index in [2.05, 4.69) is 54.3 Å². The predicted molar refractivity (Wildman–Crippen MR) is 132 cm³/mol. The third-order valence-electron chi connectivity index (χ3n) is 5.69. The van der Waals surface area contributed by atoms with E-state index in [0.29, 0.717) is 29.6 Å². The first-order valence-electron chi connectivity index (χ1n) is 11.3. The van der Waals surface area contributed by atoms with E-state index in [4.69, 9.17) is 4.42 Å². The zero-order valence-corrected chi connectivity index (χ0v) is 19.8. The lowest BCUT2D eigenvalue weighted by Crippen LogP contribution is -2.48. The van der Waals surface area contributed by atoms with Crippen LogP contribution in [0.2, 0.25) is 0 Å². The largest absolute Gasteiger partial charge is 0.458 e. The molecular formula is C25H26N6O2S. The Morgan fingerprint density at radius 3 is 2.56 bits per heavy atom. The van der Waals surface area contributed by atoms with Gasteiger partial charge in [-0.1, -0.05) is 30.3 Å². The molecule has 0 atom stereocenters. The minimum absolute atomic E-state index is 0.0955. The Morgan fingerprint density at radius 1 is 1.06 bits per heavy atom. The number of hydrogen-bond donors (Lipinski definition) is 1. The van der Waals surface area contributed by atoms with Gasteiger partial charge in [-0.25, -0.2) is 15.0 Å². The SMILES string of the molecule is Cc1ccc(-c2nc(NC(=O)CN3CCN(Cc4ccccc4)CC3)cc(-c3nccs3)n2)o1. The van der Waals surface area contributed by atoms with Gasteiger partial charge in [-0.3, -0.25) is 14.6 Å². The number of aryl methyl sites for hydroxylation is 1. The number of thiazole rings is 1. The molecule has 174 valence electrons. The number of furan rings is 1. The first-order chi connectivity index (χ1) is 16.6. The zero-order valence-electron chi connectivity index (χ0n) is 19.0. The van der Waals surface area contributed by atoms with Crippen molar-refractivity contribution in [2.24, 2.45) is 0 Å². The quantitative estimate of drug-likeness (QED) is 0.434. The van der Waals surface area contributed by atoms with Crippen LogP contribution in [-0.2, 0) is 11.3 Å². The Balaban J connectivity index is 1.22.